The summed E-state index contributed by atoms with van der Waals surface area (Å²) >= 11 is 0. The minimum absolute atomic E-state index is 0.0249. The third kappa shape index (κ3) is 3.51. The first-order valence-electron chi connectivity index (χ1n) is 7.37. The molecule has 0 saturated carbocycles. The van der Waals surface area contributed by atoms with Crippen LogP contribution in [0.25, 0.3) is 0 Å². The molecule has 0 aliphatic carbocycles. The van der Waals surface area contributed by atoms with Crippen LogP contribution in [0.2, 0.25) is 0 Å². The number of hydrogen-bond donors (Lipinski definition) is 1. The summed E-state index contributed by atoms with van der Waals surface area (Å²) in [6.07, 6.45) is 1.94. The fourth-order valence-corrected chi connectivity index (χ4v) is 2.48. The lowest BCUT2D eigenvalue weighted by molar-refractivity contribution is -0.132. The van der Waals surface area contributed by atoms with E-state index in [1.54, 1.807) is 4.90 Å². The van der Waals surface area contributed by atoms with Crippen molar-refractivity contribution in [3.8, 4) is 5.75 Å². The lowest BCUT2D eigenvalue weighted by Gasteiger charge is -2.18. The number of ether oxygens (including phenoxy) is 1. The van der Waals surface area contributed by atoms with E-state index in [1.807, 2.05) is 18.2 Å². The molecular weight excluding hydrogens is 252 g/mol. The summed E-state index contributed by atoms with van der Waals surface area (Å²) in [4.78, 5) is 13.8. The Kier molecular flexibility index (Phi) is 5.01. The Morgan fingerprint density at radius 3 is 2.90 bits per heavy atom. The lowest BCUT2D eigenvalue weighted by atomic mass is 9.98. The average molecular weight is 276 g/mol. The summed E-state index contributed by atoms with van der Waals surface area (Å²) < 4.78 is 5.74. The van der Waals surface area contributed by atoms with Crippen LogP contribution in [-0.2, 0) is 4.79 Å². The summed E-state index contributed by atoms with van der Waals surface area (Å²) in [7, 11) is 0. The molecule has 0 bridgehead atoms. The zero-order valence-corrected chi connectivity index (χ0v) is 12.3. The van der Waals surface area contributed by atoms with E-state index in [0.29, 0.717) is 12.5 Å². The molecule has 1 aromatic rings. The van der Waals surface area contributed by atoms with E-state index in [4.69, 9.17) is 10.5 Å². The van der Waals surface area contributed by atoms with Gasteiger partial charge in [0.25, 0.3) is 5.91 Å². The topological polar surface area (TPSA) is 55.6 Å². The van der Waals surface area contributed by atoms with E-state index in [1.165, 1.54) is 5.56 Å². The van der Waals surface area contributed by atoms with Crippen LogP contribution in [0, 0.1) is 0 Å². The summed E-state index contributed by atoms with van der Waals surface area (Å²) in [6, 6.07) is 8.07. The number of nitrogens with two attached hydrogens (primary N) is 1. The normalized spacial score (nSPS) is 19.9. The van der Waals surface area contributed by atoms with Gasteiger partial charge in [-0.05, 0) is 30.4 Å². The number of carbonyl (C=O) groups is 1. The average Bonchev–Trinajstić information content (AvgIpc) is 2.91. The zero-order valence-electron chi connectivity index (χ0n) is 12.3. The van der Waals surface area contributed by atoms with Crippen molar-refractivity contribution in [1.82, 2.24) is 4.90 Å². The van der Waals surface area contributed by atoms with Gasteiger partial charge in [-0.1, -0.05) is 32.0 Å². The van der Waals surface area contributed by atoms with Crippen molar-refractivity contribution in [2.45, 2.75) is 38.6 Å². The molecular formula is C16H24N2O2. The van der Waals surface area contributed by atoms with Gasteiger partial charge in [-0.25, -0.2) is 0 Å². The number of amides is 1. The van der Waals surface area contributed by atoms with Crippen molar-refractivity contribution in [1.29, 1.82) is 0 Å². The summed E-state index contributed by atoms with van der Waals surface area (Å²) in [5, 5.41) is 0. The largest absolute Gasteiger partial charge is 0.483 e. The maximum absolute atomic E-state index is 12.1. The first-order chi connectivity index (χ1) is 9.61. The molecule has 1 aliphatic heterocycles. The second-order valence-corrected chi connectivity index (χ2v) is 5.52. The summed E-state index contributed by atoms with van der Waals surface area (Å²) in [5.41, 5.74) is 6.98. The van der Waals surface area contributed by atoms with Gasteiger partial charge >= 0.3 is 0 Å². The third-order valence-electron chi connectivity index (χ3n) is 3.99. The number of rotatable bonds is 5. The number of carbonyl (C=O) groups excluding carboxylic acids is 1. The Balaban J connectivity index is 1.95. The highest BCUT2D eigenvalue weighted by Crippen LogP contribution is 2.28. The Bertz CT molecular complexity index is 462. The van der Waals surface area contributed by atoms with Crippen LogP contribution in [0.4, 0.5) is 0 Å². The fraction of sp³-hybridized carbons (Fsp3) is 0.562. The predicted octanol–water partition coefficient (Wildman–Crippen LogP) is 2.14. The molecule has 0 radical (unpaired) electrons. The Hall–Kier alpha value is -1.55. The Morgan fingerprint density at radius 2 is 2.25 bits per heavy atom. The van der Waals surface area contributed by atoms with Crippen LogP contribution < -0.4 is 10.5 Å². The van der Waals surface area contributed by atoms with E-state index < -0.39 is 0 Å². The van der Waals surface area contributed by atoms with Crippen LogP contribution in [-0.4, -0.2) is 36.5 Å². The van der Waals surface area contributed by atoms with Crippen LogP contribution >= 0.6 is 0 Å². The van der Waals surface area contributed by atoms with Gasteiger partial charge in [0.05, 0.1) is 0 Å². The number of para-hydroxylation sites is 1. The number of benzene rings is 1. The number of likely N-dealkylation sites (tertiary alicyclic amines) is 1. The fourth-order valence-electron chi connectivity index (χ4n) is 2.48. The molecule has 1 unspecified atom stereocenters. The molecule has 1 amide bonds. The molecule has 1 aliphatic rings. The molecule has 20 heavy (non-hydrogen) atoms. The van der Waals surface area contributed by atoms with Crippen LogP contribution in [0.5, 0.6) is 5.75 Å². The lowest BCUT2D eigenvalue weighted by Crippen LogP contribution is -2.35. The molecule has 4 heteroatoms. The smallest absolute Gasteiger partial charge is 0.260 e. The minimum atomic E-state index is 0.0249. The maximum atomic E-state index is 12.1. The Morgan fingerprint density at radius 1 is 1.50 bits per heavy atom. The molecule has 2 rings (SSSR count). The van der Waals surface area contributed by atoms with E-state index in [-0.39, 0.29) is 18.6 Å². The molecule has 2 N–H and O–H groups in total. The van der Waals surface area contributed by atoms with Crippen LogP contribution in [0.3, 0.4) is 0 Å². The molecule has 0 spiro atoms. The van der Waals surface area contributed by atoms with Crippen molar-refractivity contribution < 1.29 is 9.53 Å². The molecule has 0 aromatic heterocycles. The summed E-state index contributed by atoms with van der Waals surface area (Å²) in [6.45, 7) is 5.81. The monoisotopic (exact) mass is 276 g/mol. The first-order valence-corrected chi connectivity index (χ1v) is 7.37. The predicted molar refractivity (Wildman–Crippen MR) is 79.8 cm³/mol. The molecule has 1 heterocycles. The van der Waals surface area contributed by atoms with Gasteiger partial charge in [-0.3, -0.25) is 4.79 Å². The van der Waals surface area contributed by atoms with E-state index in [9.17, 15) is 4.79 Å². The second kappa shape index (κ2) is 6.75. The van der Waals surface area contributed by atoms with Gasteiger partial charge in [-0.2, -0.15) is 0 Å². The number of nitrogens with zero attached hydrogens (tertiary/aromatic N) is 1. The van der Waals surface area contributed by atoms with Gasteiger partial charge in [-0.15, -0.1) is 0 Å². The standard InChI is InChI=1S/C16H24N2O2/c1-3-12(2)14-6-4-5-7-15(14)20-11-16(19)18-9-8-13(17)10-18/h4-7,12-13H,3,8-11,17H2,1-2H3/t12?,13-/m1/s1. The van der Waals surface area contributed by atoms with Gasteiger partial charge in [0.2, 0.25) is 0 Å². The van der Waals surface area contributed by atoms with Crippen LogP contribution in [0.1, 0.15) is 38.2 Å². The first kappa shape index (κ1) is 14.9. The molecule has 1 aromatic carbocycles. The maximum Gasteiger partial charge on any atom is 0.260 e. The van der Waals surface area contributed by atoms with Crippen molar-refractivity contribution in [2.24, 2.45) is 5.73 Å². The number of hydrogen-bond acceptors (Lipinski definition) is 3. The minimum Gasteiger partial charge on any atom is -0.483 e. The van der Waals surface area contributed by atoms with Crippen molar-refractivity contribution in [3.05, 3.63) is 29.8 Å². The van der Waals surface area contributed by atoms with E-state index >= 15 is 0 Å². The Labute approximate surface area is 120 Å². The highest BCUT2D eigenvalue weighted by molar-refractivity contribution is 5.78. The van der Waals surface area contributed by atoms with Gasteiger partial charge in [0.15, 0.2) is 6.61 Å². The van der Waals surface area contributed by atoms with Crippen molar-refractivity contribution in [2.75, 3.05) is 19.7 Å². The highest BCUT2D eigenvalue weighted by atomic mass is 16.5. The second-order valence-electron chi connectivity index (χ2n) is 5.52. The SMILES string of the molecule is CCC(C)c1ccccc1OCC(=O)N1CC[C@@H](N)C1. The molecule has 110 valence electrons. The van der Waals surface area contributed by atoms with Crippen LogP contribution in [0.15, 0.2) is 24.3 Å². The third-order valence-corrected chi connectivity index (χ3v) is 3.99. The van der Waals surface area contributed by atoms with E-state index in [0.717, 1.165) is 25.1 Å². The molecule has 4 nitrogen and oxygen atoms in total. The van der Waals surface area contributed by atoms with Crippen molar-refractivity contribution in [3.63, 3.8) is 0 Å². The molecule has 1 saturated heterocycles. The van der Waals surface area contributed by atoms with Gasteiger partial charge in [0, 0.05) is 19.1 Å². The quantitative estimate of drug-likeness (QED) is 0.896. The summed E-state index contributed by atoms with van der Waals surface area (Å²) in [5.74, 6) is 1.28. The molecule has 1 fully saturated rings. The zero-order chi connectivity index (χ0) is 14.5. The van der Waals surface area contributed by atoms with E-state index in [2.05, 4.69) is 19.9 Å². The molecule has 2 atom stereocenters. The van der Waals surface area contributed by atoms with Gasteiger partial charge in [0.1, 0.15) is 5.75 Å². The van der Waals surface area contributed by atoms with Crippen molar-refractivity contribution >= 4 is 5.91 Å². The van der Waals surface area contributed by atoms with Gasteiger partial charge < -0.3 is 15.4 Å². The highest BCUT2D eigenvalue weighted by Gasteiger charge is 2.24.